The Balaban J connectivity index is 0.861. The van der Waals surface area contributed by atoms with Crippen molar-refractivity contribution >= 4 is 61.7 Å². The highest BCUT2D eigenvalue weighted by Crippen LogP contribution is 2.53. The Hall–Kier alpha value is -8.72. The van der Waals surface area contributed by atoms with E-state index in [4.69, 9.17) is 0 Å². The molecule has 0 fully saturated rings. The lowest BCUT2D eigenvalue weighted by molar-refractivity contribution is 0.660. The Labute approximate surface area is 435 Å². The van der Waals surface area contributed by atoms with Gasteiger partial charge in [-0.25, -0.2) is 0 Å². The standard InChI is InChI=1S/C72H56N2/c1-71(2)66-29-17-15-25-58(66)64-45-54(39-41-68(64)71)73(50-19-7-5-8-20-50)52-35-31-47(32-36-52)62-43-49-44-63(57-24-12-14-28-61(57)70(49)60-27-13-11-23-56(60)62)48-33-37-53(38-34-48)74(51-21-9-6-10-22-51)55-40-42-69-65(46-55)59-26-16-18-30-67(59)72(69,3)4/h5-11,13-23,25-46H,12,24H2,1-4H3. The summed E-state index contributed by atoms with van der Waals surface area (Å²) in [7, 11) is 0. The van der Waals surface area contributed by atoms with E-state index in [1.165, 1.54) is 99.4 Å². The van der Waals surface area contributed by atoms with Gasteiger partial charge in [-0.1, -0.05) is 185 Å². The largest absolute Gasteiger partial charge is 0.310 e. The van der Waals surface area contributed by atoms with Crippen LogP contribution in [0.5, 0.6) is 0 Å². The van der Waals surface area contributed by atoms with Crippen molar-refractivity contribution in [3.05, 3.63) is 270 Å². The number of hydrogen-bond acceptors (Lipinski definition) is 2. The number of para-hydroxylation sites is 2. The molecule has 0 atom stereocenters. The second-order valence-electron chi connectivity index (χ2n) is 21.6. The number of benzene rings is 11. The predicted octanol–water partition coefficient (Wildman–Crippen LogP) is 19.8. The van der Waals surface area contributed by atoms with Crippen LogP contribution in [0.25, 0.3) is 72.1 Å². The molecule has 3 aliphatic rings. The van der Waals surface area contributed by atoms with Gasteiger partial charge in [-0.3, -0.25) is 0 Å². The Bertz CT molecular complexity index is 4050. The normalized spacial score (nSPS) is 14.3. The van der Waals surface area contributed by atoms with E-state index in [1.807, 2.05) is 0 Å². The van der Waals surface area contributed by atoms with Crippen LogP contribution < -0.4 is 9.80 Å². The van der Waals surface area contributed by atoms with E-state index in [-0.39, 0.29) is 10.8 Å². The van der Waals surface area contributed by atoms with Gasteiger partial charge < -0.3 is 9.80 Å². The molecule has 2 heteroatoms. The van der Waals surface area contributed by atoms with Crippen LogP contribution in [0.4, 0.5) is 34.1 Å². The molecule has 2 nitrogen and oxygen atoms in total. The highest BCUT2D eigenvalue weighted by molar-refractivity contribution is 6.18. The van der Waals surface area contributed by atoms with Gasteiger partial charge in [-0.05, 0) is 197 Å². The highest BCUT2D eigenvalue weighted by atomic mass is 15.1. The maximum atomic E-state index is 2.48. The van der Waals surface area contributed by atoms with Crippen LogP contribution in [0.3, 0.4) is 0 Å². The van der Waals surface area contributed by atoms with Crippen molar-refractivity contribution in [2.75, 3.05) is 9.80 Å². The van der Waals surface area contributed by atoms with Crippen molar-refractivity contribution in [2.24, 2.45) is 0 Å². The zero-order chi connectivity index (χ0) is 49.7. The number of fused-ring (bicyclic) bond motifs is 11. The fraction of sp³-hybridized carbons (Fsp3) is 0.111. The van der Waals surface area contributed by atoms with Gasteiger partial charge in [0, 0.05) is 45.0 Å². The van der Waals surface area contributed by atoms with Crippen LogP contribution in [0.1, 0.15) is 67.5 Å². The minimum atomic E-state index is -0.0482. The lowest BCUT2D eigenvalue weighted by atomic mass is 9.82. The van der Waals surface area contributed by atoms with Gasteiger partial charge in [0.25, 0.3) is 0 Å². The molecule has 0 amide bonds. The zero-order valence-corrected chi connectivity index (χ0v) is 42.4. The third-order valence-electron chi connectivity index (χ3n) is 16.7. The molecule has 0 aliphatic heterocycles. The molecule has 0 saturated carbocycles. The van der Waals surface area contributed by atoms with E-state index in [0.717, 1.165) is 47.0 Å². The molecule has 0 N–H and O–H groups in total. The predicted molar refractivity (Wildman–Crippen MR) is 314 cm³/mol. The summed E-state index contributed by atoms with van der Waals surface area (Å²) in [5.74, 6) is 0. The minimum Gasteiger partial charge on any atom is -0.310 e. The molecule has 14 rings (SSSR count). The first kappa shape index (κ1) is 44.0. The maximum absolute atomic E-state index is 2.48. The van der Waals surface area contributed by atoms with Crippen molar-refractivity contribution in [1.82, 2.24) is 0 Å². The first-order chi connectivity index (χ1) is 36.2. The SMILES string of the molecule is CC1(C)c2ccccc2-c2cc(N(c3ccccc3)c3ccc(-c4cc5cc(-c6ccc(N(c7ccccc7)c7ccc8c(c7)-c7ccccc7C8(C)C)cc6)c6ccccc6c5c5c4CCC=C5)cc3)ccc21. The van der Waals surface area contributed by atoms with Crippen LogP contribution in [-0.2, 0) is 17.3 Å². The topological polar surface area (TPSA) is 6.48 Å². The first-order valence-electron chi connectivity index (χ1n) is 26.3. The summed E-state index contributed by atoms with van der Waals surface area (Å²) in [4.78, 5) is 4.81. The molecule has 0 aromatic heterocycles. The maximum Gasteiger partial charge on any atom is 0.0468 e. The number of allylic oxidation sites excluding steroid dienone is 1. The smallest absolute Gasteiger partial charge is 0.0468 e. The molecule has 3 aliphatic carbocycles. The Morgan fingerprint density at radius 1 is 0.338 bits per heavy atom. The average molecular weight is 949 g/mol. The third kappa shape index (κ3) is 6.85. The number of anilines is 6. The van der Waals surface area contributed by atoms with Crippen LogP contribution in [0.2, 0.25) is 0 Å². The number of nitrogens with zero attached hydrogens (tertiary/aromatic N) is 2. The fourth-order valence-electron chi connectivity index (χ4n) is 13.1. The molecule has 0 heterocycles. The van der Waals surface area contributed by atoms with Crippen molar-refractivity contribution < 1.29 is 0 Å². The Morgan fingerprint density at radius 2 is 0.757 bits per heavy atom. The monoisotopic (exact) mass is 948 g/mol. The van der Waals surface area contributed by atoms with Crippen molar-refractivity contribution in [1.29, 1.82) is 0 Å². The van der Waals surface area contributed by atoms with Gasteiger partial charge in [0.15, 0.2) is 0 Å². The fourth-order valence-corrected chi connectivity index (χ4v) is 13.1. The molecular formula is C72H56N2. The lowest BCUT2D eigenvalue weighted by Crippen LogP contribution is -2.15. The summed E-state index contributed by atoms with van der Waals surface area (Å²) in [5, 5.41) is 5.15. The van der Waals surface area contributed by atoms with Gasteiger partial charge in [-0.15, -0.1) is 0 Å². The zero-order valence-electron chi connectivity index (χ0n) is 42.4. The second-order valence-corrected chi connectivity index (χ2v) is 21.6. The summed E-state index contributed by atoms with van der Waals surface area (Å²) in [5.41, 5.74) is 25.3. The highest BCUT2D eigenvalue weighted by Gasteiger charge is 2.37. The molecule has 0 bridgehead atoms. The molecule has 0 spiro atoms. The summed E-state index contributed by atoms with van der Waals surface area (Å²) in [6, 6.07) is 86.0. The quantitative estimate of drug-likeness (QED) is 0.140. The van der Waals surface area contributed by atoms with E-state index in [9.17, 15) is 0 Å². The molecule has 354 valence electrons. The first-order valence-corrected chi connectivity index (χ1v) is 26.3. The van der Waals surface area contributed by atoms with Crippen molar-refractivity contribution in [3.63, 3.8) is 0 Å². The molecule has 11 aromatic carbocycles. The summed E-state index contributed by atoms with van der Waals surface area (Å²) in [6.45, 7) is 9.40. The van der Waals surface area contributed by atoms with Gasteiger partial charge in [0.1, 0.15) is 0 Å². The molecule has 0 radical (unpaired) electrons. The van der Waals surface area contributed by atoms with Crippen LogP contribution in [-0.4, -0.2) is 0 Å². The van der Waals surface area contributed by atoms with E-state index in [2.05, 4.69) is 280 Å². The van der Waals surface area contributed by atoms with E-state index in [1.54, 1.807) is 0 Å². The number of rotatable bonds is 8. The van der Waals surface area contributed by atoms with Gasteiger partial charge in [-0.2, -0.15) is 0 Å². The van der Waals surface area contributed by atoms with Crippen LogP contribution in [0.15, 0.2) is 237 Å². The Kier molecular flexibility index (Phi) is 10.1. The summed E-state index contributed by atoms with van der Waals surface area (Å²) < 4.78 is 0. The summed E-state index contributed by atoms with van der Waals surface area (Å²) in [6.07, 6.45) is 6.79. The van der Waals surface area contributed by atoms with Gasteiger partial charge >= 0.3 is 0 Å². The molecule has 74 heavy (non-hydrogen) atoms. The second kappa shape index (κ2) is 16.9. The van der Waals surface area contributed by atoms with Gasteiger partial charge in [0.05, 0.1) is 0 Å². The minimum absolute atomic E-state index is 0.0460. The van der Waals surface area contributed by atoms with Crippen molar-refractivity contribution in [3.8, 4) is 44.5 Å². The molecule has 0 unspecified atom stereocenters. The van der Waals surface area contributed by atoms with Crippen molar-refractivity contribution in [2.45, 2.75) is 51.4 Å². The summed E-state index contributed by atoms with van der Waals surface area (Å²) >= 11 is 0. The molecule has 0 saturated heterocycles. The lowest BCUT2D eigenvalue weighted by Gasteiger charge is -2.27. The van der Waals surface area contributed by atoms with E-state index in [0.29, 0.717) is 0 Å². The van der Waals surface area contributed by atoms with E-state index < -0.39 is 0 Å². The number of hydrogen-bond donors (Lipinski definition) is 0. The Morgan fingerprint density at radius 3 is 1.30 bits per heavy atom. The van der Waals surface area contributed by atoms with Gasteiger partial charge in [0.2, 0.25) is 0 Å². The molecular weight excluding hydrogens is 893 g/mol. The van der Waals surface area contributed by atoms with Crippen LogP contribution >= 0.6 is 0 Å². The third-order valence-corrected chi connectivity index (χ3v) is 16.7. The van der Waals surface area contributed by atoms with E-state index >= 15 is 0 Å². The molecule has 11 aromatic rings. The van der Waals surface area contributed by atoms with Crippen LogP contribution in [0, 0.1) is 0 Å². The average Bonchev–Trinajstić information content (AvgIpc) is 3.85.